The molecule has 0 saturated heterocycles. The van der Waals surface area contributed by atoms with Gasteiger partial charge in [-0.15, -0.1) is 12.6 Å². The minimum Gasteiger partial charge on any atom is -0.502 e. The van der Waals surface area contributed by atoms with Crippen molar-refractivity contribution in [3.63, 3.8) is 0 Å². The van der Waals surface area contributed by atoms with Crippen molar-refractivity contribution in [1.82, 2.24) is 0 Å². The van der Waals surface area contributed by atoms with Gasteiger partial charge < -0.3 is 10.4 Å². The van der Waals surface area contributed by atoms with Gasteiger partial charge in [0.05, 0.1) is 0 Å². The molecule has 1 aromatic carbocycles. The first kappa shape index (κ1) is 14.5. The van der Waals surface area contributed by atoms with E-state index in [0.29, 0.717) is 0 Å². The summed E-state index contributed by atoms with van der Waals surface area (Å²) in [7, 11) is 1.90. The molecule has 3 heteroatoms. The molecule has 1 rings (SSSR count). The molecule has 0 unspecified atom stereocenters. The van der Waals surface area contributed by atoms with Gasteiger partial charge in [0.25, 0.3) is 0 Å². The van der Waals surface area contributed by atoms with Crippen LogP contribution in [0.2, 0.25) is 0 Å². The Morgan fingerprint density at radius 3 is 2.50 bits per heavy atom. The second kappa shape index (κ2) is 7.67. The molecule has 1 aromatic rings. The number of benzene rings is 1. The van der Waals surface area contributed by atoms with E-state index in [2.05, 4.69) is 24.9 Å². The highest BCUT2D eigenvalue weighted by Crippen LogP contribution is 2.13. The van der Waals surface area contributed by atoms with Crippen LogP contribution in [0, 0.1) is 0 Å². The van der Waals surface area contributed by atoms with Gasteiger partial charge in [-0.05, 0) is 35.8 Å². The van der Waals surface area contributed by atoms with E-state index in [-0.39, 0.29) is 5.09 Å². The number of hydrogen-bond acceptors (Lipinski definition) is 3. The molecule has 0 radical (unpaired) electrons. The highest BCUT2D eigenvalue weighted by Gasteiger charge is 1.91. The Hall–Kier alpha value is -1.61. The lowest BCUT2D eigenvalue weighted by Crippen LogP contribution is -1.86. The van der Waals surface area contributed by atoms with Gasteiger partial charge in [0, 0.05) is 12.7 Å². The van der Waals surface area contributed by atoms with E-state index in [4.69, 9.17) is 5.11 Å². The van der Waals surface area contributed by atoms with Crippen molar-refractivity contribution in [3.05, 3.63) is 58.7 Å². The molecule has 0 aliphatic rings. The van der Waals surface area contributed by atoms with Crippen LogP contribution < -0.4 is 5.32 Å². The van der Waals surface area contributed by atoms with Gasteiger partial charge >= 0.3 is 0 Å². The zero-order valence-corrected chi connectivity index (χ0v) is 11.6. The average Bonchev–Trinajstić information content (AvgIpc) is 2.36. The Morgan fingerprint density at radius 1 is 1.33 bits per heavy atom. The molecule has 0 bridgehead atoms. The SMILES string of the molecule is CC/C=C(/C=C/c1ccc(NC)cc1)\C=C(/O)S. The van der Waals surface area contributed by atoms with Crippen LogP contribution in [0.4, 0.5) is 5.69 Å². The lowest BCUT2D eigenvalue weighted by molar-refractivity contribution is 0.457. The fourth-order valence-electron chi connectivity index (χ4n) is 1.51. The first-order chi connectivity index (χ1) is 8.65. The van der Waals surface area contributed by atoms with Gasteiger partial charge in [-0.25, -0.2) is 0 Å². The number of hydrogen-bond donors (Lipinski definition) is 3. The van der Waals surface area contributed by atoms with E-state index in [1.54, 1.807) is 6.08 Å². The topological polar surface area (TPSA) is 32.3 Å². The maximum atomic E-state index is 9.16. The molecule has 96 valence electrons. The van der Waals surface area contributed by atoms with E-state index in [0.717, 1.165) is 23.2 Å². The first-order valence-electron chi connectivity index (χ1n) is 5.91. The van der Waals surface area contributed by atoms with Crippen molar-refractivity contribution in [2.75, 3.05) is 12.4 Å². The fourth-order valence-corrected chi connectivity index (χ4v) is 1.66. The molecule has 2 N–H and O–H groups in total. The molecule has 0 saturated carbocycles. The number of aliphatic hydroxyl groups excluding tert-OH is 1. The molecule has 0 heterocycles. The Labute approximate surface area is 114 Å². The second-order valence-corrected chi connectivity index (χ2v) is 4.28. The van der Waals surface area contributed by atoms with Crippen molar-refractivity contribution < 1.29 is 5.11 Å². The van der Waals surface area contributed by atoms with E-state index < -0.39 is 0 Å². The summed E-state index contributed by atoms with van der Waals surface area (Å²) in [4.78, 5) is 0. The molecule has 0 amide bonds. The third-order valence-electron chi connectivity index (χ3n) is 2.40. The van der Waals surface area contributed by atoms with Gasteiger partial charge in [0.1, 0.15) is 5.09 Å². The summed E-state index contributed by atoms with van der Waals surface area (Å²) in [5.41, 5.74) is 3.15. The van der Waals surface area contributed by atoms with E-state index >= 15 is 0 Å². The summed E-state index contributed by atoms with van der Waals surface area (Å²) in [5.74, 6) is 0. The van der Waals surface area contributed by atoms with Crippen LogP contribution >= 0.6 is 12.6 Å². The predicted octanol–water partition coefficient (Wildman–Crippen LogP) is 4.41. The zero-order valence-electron chi connectivity index (χ0n) is 10.7. The number of thiol groups is 1. The highest BCUT2D eigenvalue weighted by molar-refractivity contribution is 7.84. The molecule has 0 aliphatic heterocycles. The van der Waals surface area contributed by atoms with Crippen LogP contribution in [0.1, 0.15) is 18.9 Å². The first-order valence-corrected chi connectivity index (χ1v) is 6.36. The van der Waals surface area contributed by atoms with Crippen LogP contribution in [0.15, 0.2) is 53.2 Å². The lowest BCUT2D eigenvalue weighted by Gasteiger charge is -2.00. The molecule has 18 heavy (non-hydrogen) atoms. The third kappa shape index (κ3) is 5.15. The van der Waals surface area contributed by atoms with Gasteiger partial charge in [-0.3, -0.25) is 0 Å². The molecule has 0 fully saturated rings. The van der Waals surface area contributed by atoms with Crippen LogP contribution in [0.5, 0.6) is 0 Å². The summed E-state index contributed by atoms with van der Waals surface area (Å²) < 4.78 is 0. The van der Waals surface area contributed by atoms with Crippen LogP contribution in [-0.2, 0) is 0 Å². The quantitative estimate of drug-likeness (QED) is 0.417. The van der Waals surface area contributed by atoms with E-state index in [1.165, 1.54) is 0 Å². The number of aliphatic hydroxyl groups is 1. The van der Waals surface area contributed by atoms with Gasteiger partial charge in [-0.2, -0.15) is 0 Å². The van der Waals surface area contributed by atoms with Gasteiger partial charge in [-0.1, -0.05) is 37.3 Å². The van der Waals surface area contributed by atoms with Crippen molar-refractivity contribution in [2.24, 2.45) is 0 Å². The number of rotatable bonds is 5. The summed E-state index contributed by atoms with van der Waals surface area (Å²) in [6.45, 7) is 2.05. The van der Waals surface area contributed by atoms with Gasteiger partial charge in [0.2, 0.25) is 0 Å². The maximum absolute atomic E-state index is 9.16. The summed E-state index contributed by atoms with van der Waals surface area (Å²) >= 11 is 3.87. The minimum absolute atomic E-state index is 0.0184. The number of nitrogens with one attached hydrogen (secondary N) is 1. The van der Waals surface area contributed by atoms with Crippen molar-refractivity contribution in [3.8, 4) is 0 Å². The molecular weight excluding hydrogens is 242 g/mol. The van der Waals surface area contributed by atoms with Crippen LogP contribution in [0.3, 0.4) is 0 Å². The zero-order chi connectivity index (χ0) is 13.4. The van der Waals surface area contributed by atoms with Crippen LogP contribution in [0.25, 0.3) is 6.08 Å². The molecular formula is C15H19NOS. The monoisotopic (exact) mass is 261 g/mol. The molecule has 2 nitrogen and oxygen atoms in total. The number of allylic oxidation sites excluding steroid dienone is 4. The highest BCUT2D eigenvalue weighted by atomic mass is 32.1. The minimum atomic E-state index is 0.0184. The van der Waals surface area contributed by atoms with E-state index in [9.17, 15) is 0 Å². The number of anilines is 1. The fraction of sp³-hybridized carbons (Fsp3) is 0.200. The Kier molecular flexibility index (Phi) is 6.15. The summed E-state index contributed by atoms with van der Waals surface area (Å²) in [6, 6.07) is 8.12. The summed E-state index contributed by atoms with van der Waals surface area (Å²) in [6.07, 6.45) is 8.55. The standard InChI is InChI=1S/C15H19NOS/c1-3-4-13(11-15(17)18)6-5-12-7-9-14(16-2)10-8-12/h4-11,16-18H,3H2,1-2H3/b6-5+,13-4-,15-11+. The Balaban J connectivity index is 2.82. The van der Waals surface area contributed by atoms with Crippen molar-refractivity contribution in [1.29, 1.82) is 0 Å². The normalized spacial score (nSPS) is 13.1. The molecule has 0 atom stereocenters. The van der Waals surface area contributed by atoms with Crippen molar-refractivity contribution in [2.45, 2.75) is 13.3 Å². The molecule has 0 spiro atoms. The maximum Gasteiger partial charge on any atom is 0.147 e. The Morgan fingerprint density at radius 2 is 2.00 bits per heavy atom. The summed E-state index contributed by atoms with van der Waals surface area (Å²) in [5, 5.41) is 12.3. The van der Waals surface area contributed by atoms with E-state index in [1.807, 2.05) is 49.5 Å². The van der Waals surface area contributed by atoms with Crippen LogP contribution in [-0.4, -0.2) is 12.2 Å². The molecule has 0 aromatic heterocycles. The predicted molar refractivity (Wildman–Crippen MR) is 83.1 cm³/mol. The third-order valence-corrected chi connectivity index (χ3v) is 2.53. The smallest absolute Gasteiger partial charge is 0.147 e. The average molecular weight is 261 g/mol. The Bertz CT molecular complexity index is 454. The van der Waals surface area contributed by atoms with Crippen molar-refractivity contribution >= 4 is 24.4 Å². The lowest BCUT2D eigenvalue weighted by atomic mass is 10.1. The largest absolute Gasteiger partial charge is 0.502 e. The second-order valence-electron chi connectivity index (χ2n) is 3.82. The molecule has 0 aliphatic carbocycles. The van der Waals surface area contributed by atoms with Gasteiger partial charge in [0.15, 0.2) is 0 Å².